The number of rotatable bonds is 6. The number of carbonyl (C=O) groups is 4. The van der Waals surface area contributed by atoms with Crippen LogP contribution in [0.1, 0.15) is 52.6 Å². The quantitative estimate of drug-likeness (QED) is 0.106. The van der Waals surface area contributed by atoms with E-state index < -0.39 is 76.2 Å². The van der Waals surface area contributed by atoms with Gasteiger partial charge < -0.3 is 19.7 Å². The molecule has 0 radical (unpaired) electrons. The van der Waals surface area contributed by atoms with Crippen molar-refractivity contribution in [1.82, 2.24) is 0 Å². The summed E-state index contributed by atoms with van der Waals surface area (Å²) >= 11 is 0. The van der Waals surface area contributed by atoms with Crippen molar-refractivity contribution >= 4 is 44.1 Å². The number of aromatic carboxylic acids is 2. The number of carbonyl (C=O) groups excluding carboxylic acids is 2. The summed E-state index contributed by atoms with van der Waals surface area (Å²) in [7, 11) is -7.72. The molecule has 0 aliphatic rings. The number of benzene rings is 2. The minimum Gasteiger partial charge on any atom is -0.487 e. The number of carboxylic acid groups (broad SMARTS) is 2. The van der Waals surface area contributed by atoms with Gasteiger partial charge in [0.05, 0.1) is 14.2 Å². The van der Waals surface area contributed by atoms with Crippen molar-refractivity contribution in [2.24, 2.45) is 0 Å². The van der Waals surface area contributed by atoms with Crippen LogP contribution in [0.4, 0.5) is 0 Å². The van der Waals surface area contributed by atoms with E-state index >= 15 is 0 Å². The molecule has 0 amide bonds. The molecule has 0 saturated carbocycles. The molecule has 2 aromatic carbocycles. The monoisotopic (exact) mass is 592 g/mol. The summed E-state index contributed by atoms with van der Waals surface area (Å²) in [5.74, 6) is -5.35. The Hall–Kier alpha value is -1.86. The van der Waals surface area contributed by atoms with E-state index in [1.54, 1.807) is 0 Å². The molecule has 0 saturated heterocycles. The van der Waals surface area contributed by atoms with Crippen molar-refractivity contribution in [3.05, 3.63) is 57.6 Å². The van der Waals surface area contributed by atoms with Crippen LogP contribution in [0, 0.1) is 26.0 Å². The van der Waals surface area contributed by atoms with Crippen LogP contribution in [-0.2, 0) is 29.7 Å². The molecule has 0 aromatic heterocycles. The first-order valence-corrected chi connectivity index (χ1v) is 12.0. The fourth-order valence-corrected chi connectivity index (χ4v) is 4.77. The van der Waals surface area contributed by atoms with Crippen molar-refractivity contribution in [2.45, 2.75) is 23.6 Å². The summed E-state index contributed by atoms with van der Waals surface area (Å²) in [6, 6.07) is 6.82. The Kier molecular flexibility index (Phi) is 15.2. The Morgan fingerprint density at radius 2 is 1.03 bits per heavy atom. The smallest absolute Gasteiger partial charge is 0.487 e. The maximum atomic E-state index is 11.4. The molecule has 2 aromatic rings. The third kappa shape index (κ3) is 9.11. The minimum atomic E-state index is -4.98. The van der Waals surface area contributed by atoms with Crippen LogP contribution >= 0.6 is 0 Å². The van der Waals surface area contributed by atoms with Crippen LogP contribution < -0.4 is 59.1 Å². The predicted octanol–water partition coefficient (Wildman–Crippen LogP) is -4.94. The number of aryl methyl sites for hydroxylation is 2. The Morgan fingerprint density at radius 1 is 0.711 bits per heavy atom. The van der Waals surface area contributed by atoms with Gasteiger partial charge in [-0.1, -0.05) is 13.8 Å². The molecule has 38 heavy (non-hydrogen) atoms. The van der Waals surface area contributed by atoms with Crippen LogP contribution in [0.15, 0.2) is 21.9 Å². The summed E-state index contributed by atoms with van der Waals surface area (Å²) in [5.41, 5.74) is -2.72. The average molecular weight is 592 g/mol. The van der Waals surface area contributed by atoms with Crippen molar-refractivity contribution in [1.29, 1.82) is 0 Å². The Labute approximate surface area is 261 Å². The Morgan fingerprint density at radius 3 is 1.26 bits per heavy atom. The topological polar surface area (TPSA) is 236 Å². The summed E-state index contributed by atoms with van der Waals surface area (Å²) in [6.07, 6.45) is 0. The number of hydrogen-bond acceptors (Lipinski definition) is 10. The molecule has 0 unspecified atom stereocenters. The zero-order valence-electron chi connectivity index (χ0n) is 20.8. The van der Waals surface area contributed by atoms with Gasteiger partial charge in [-0.3, -0.25) is 28.3 Å². The van der Waals surface area contributed by atoms with Crippen molar-refractivity contribution in [3.8, 4) is 0 Å². The molecule has 0 aliphatic carbocycles. The van der Waals surface area contributed by atoms with Gasteiger partial charge in [-0.25, -0.2) is 0 Å². The maximum Gasteiger partial charge on any atom is 1.00 e. The van der Waals surface area contributed by atoms with Gasteiger partial charge in [0.1, 0.15) is 0 Å². The van der Waals surface area contributed by atoms with E-state index in [1.807, 2.05) is 0 Å². The molecule has 0 bridgehead atoms. The largest absolute Gasteiger partial charge is 1.00 e. The summed E-state index contributed by atoms with van der Waals surface area (Å²) in [6.45, 7) is 2.52. The van der Waals surface area contributed by atoms with Gasteiger partial charge in [0.2, 0.25) is 0 Å². The van der Waals surface area contributed by atoms with E-state index in [4.69, 9.17) is 19.3 Å². The molecule has 0 heterocycles. The fourth-order valence-electron chi connectivity index (χ4n) is 2.93. The van der Waals surface area contributed by atoms with E-state index in [0.717, 1.165) is 26.4 Å². The second-order valence-corrected chi connectivity index (χ2v) is 9.33. The first-order chi connectivity index (χ1) is 16.4. The summed E-state index contributed by atoms with van der Waals surface area (Å²) in [5, 5.41) is 17.8. The fraction of sp³-hybridized carbons (Fsp3) is 0.200. The molecule has 0 spiro atoms. The van der Waals surface area contributed by atoms with E-state index in [-0.39, 0.29) is 70.2 Å². The number of hydrogen-bond donors (Lipinski definition) is 4. The Balaban J connectivity index is 0. The van der Waals surface area contributed by atoms with Crippen molar-refractivity contribution in [3.63, 3.8) is 0 Å². The molecular weight excluding hydrogens is 574 g/mol. The van der Waals surface area contributed by atoms with Crippen LogP contribution in [0.5, 0.6) is 0 Å². The molecule has 0 fully saturated rings. The molecule has 4 N–H and O–H groups in total. The number of esters is 2. The molecule has 14 nitrogen and oxygen atoms in total. The number of carboxylic acids is 2. The van der Waals surface area contributed by atoms with Gasteiger partial charge >= 0.3 is 59.1 Å². The summed E-state index contributed by atoms with van der Waals surface area (Å²) in [4.78, 5) is 42.7. The third-order valence-electron chi connectivity index (χ3n) is 4.28. The first kappa shape index (κ1) is 38.3. The number of methoxy groups -OCH3 is 2. The van der Waals surface area contributed by atoms with Crippen molar-refractivity contribution < 1.29 is 124 Å². The SMILES string of the molecule is COC(=O)c1c[c-]cc(C(=O)OC)c1S(=O)(=O)O.Cc1[c-]c(C)c(C(=O)O)c(S(=O)(=O)O)c1C(=O)O.[Na+].[Na+]. The number of ether oxygens (including phenoxy) is 2. The molecule has 0 aliphatic heterocycles. The van der Waals surface area contributed by atoms with Gasteiger partial charge in [-0.2, -0.15) is 41.1 Å². The molecule has 0 atom stereocenters. The standard InChI is InChI=1S/2C10H9O7S.2Na/c1-16-9(11)6-4-3-5-7(10(12)17-2)8(6)18(13,14)15;1-4-3-5(2)7(10(13)14)8(18(15,16)17)6(4)9(11)12;;/h4-5H,1-2H3,(H,13,14,15);1-2H3,(H,11,12)(H,13,14)(H,15,16,17);;/q2*-1;2*+1. The van der Waals surface area contributed by atoms with E-state index in [1.165, 1.54) is 13.8 Å². The second-order valence-electron chi connectivity index (χ2n) is 6.61. The van der Waals surface area contributed by atoms with Crippen LogP contribution in [-0.4, -0.2) is 74.3 Å². The molecule has 18 heteroatoms. The first-order valence-electron chi connectivity index (χ1n) is 9.08. The Bertz CT molecular complexity index is 1390. The molecule has 196 valence electrons. The van der Waals surface area contributed by atoms with Gasteiger partial charge in [-0.15, -0.1) is 11.1 Å². The average Bonchev–Trinajstić information content (AvgIpc) is 2.75. The van der Waals surface area contributed by atoms with E-state index in [9.17, 15) is 36.0 Å². The molecule has 2 rings (SSSR count). The van der Waals surface area contributed by atoms with Crippen LogP contribution in [0.3, 0.4) is 0 Å². The third-order valence-corrected chi connectivity index (χ3v) is 6.16. The predicted molar refractivity (Wildman–Crippen MR) is 116 cm³/mol. The zero-order chi connectivity index (χ0) is 28.2. The van der Waals surface area contributed by atoms with Gasteiger partial charge in [-0.05, 0) is 22.3 Å². The van der Waals surface area contributed by atoms with E-state index in [2.05, 4.69) is 21.6 Å². The minimum absolute atomic E-state index is 0. The van der Waals surface area contributed by atoms with Crippen LogP contribution in [0.2, 0.25) is 0 Å². The van der Waals surface area contributed by atoms with E-state index in [0.29, 0.717) is 0 Å². The van der Waals surface area contributed by atoms with Gasteiger partial charge in [0, 0.05) is 9.79 Å². The normalized spacial score (nSPS) is 10.5. The maximum absolute atomic E-state index is 11.4. The van der Waals surface area contributed by atoms with Gasteiger partial charge in [0.15, 0.2) is 0 Å². The zero-order valence-corrected chi connectivity index (χ0v) is 26.5. The molecular formula is C20H18Na2O14S2. The van der Waals surface area contributed by atoms with Gasteiger partial charge in [0.25, 0.3) is 44.1 Å². The second kappa shape index (κ2) is 15.1. The van der Waals surface area contributed by atoms with Crippen LogP contribution in [0.25, 0.3) is 0 Å². The van der Waals surface area contributed by atoms with Crippen molar-refractivity contribution in [2.75, 3.05) is 14.2 Å². The summed E-state index contributed by atoms with van der Waals surface area (Å²) < 4.78 is 71.7.